The van der Waals surface area contributed by atoms with Gasteiger partial charge in [0.05, 0.1) is 0 Å². The molecule has 2 N–H and O–H groups in total. The van der Waals surface area contributed by atoms with Crippen LogP contribution in [0.4, 0.5) is 13.2 Å². The summed E-state index contributed by atoms with van der Waals surface area (Å²) in [6.07, 6.45) is -3.15. The Labute approximate surface area is 164 Å². The number of hydrogen-bond donors (Lipinski definition) is 2. The zero-order valence-electron chi connectivity index (χ0n) is 14.7. The summed E-state index contributed by atoms with van der Waals surface area (Å²) in [6, 6.07) is 14.3. The fourth-order valence-corrected chi connectivity index (χ4v) is 3.98. The van der Waals surface area contributed by atoms with Gasteiger partial charge in [-0.05, 0) is 53.6 Å². The van der Waals surface area contributed by atoms with Crippen LogP contribution in [-0.4, -0.2) is 29.5 Å². The van der Waals surface area contributed by atoms with Crippen molar-refractivity contribution in [3.8, 4) is 11.1 Å². The third-order valence-electron chi connectivity index (χ3n) is 5.17. The Morgan fingerprint density at radius 1 is 1.14 bits per heavy atom. The molecule has 4 nitrogen and oxygen atoms in total. The first-order valence-corrected chi connectivity index (χ1v) is 9.20. The second kappa shape index (κ2) is 6.51. The Hall–Kier alpha value is -2.54. The molecule has 1 saturated heterocycles. The summed E-state index contributed by atoms with van der Waals surface area (Å²) in [4.78, 5) is 13.6. The van der Waals surface area contributed by atoms with E-state index in [0.29, 0.717) is 28.3 Å². The van der Waals surface area contributed by atoms with E-state index in [9.17, 15) is 18.0 Å². The lowest BCUT2D eigenvalue weighted by Crippen LogP contribution is -2.46. The van der Waals surface area contributed by atoms with Gasteiger partial charge in [-0.3, -0.25) is 15.1 Å². The van der Waals surface area contributed by atoms with Gasteiger partial charge in [0, 0.05) is 5.02 Å². The van der Waals surface area contributed by atoms with Crippen molar-refractivity contribution in [2.24, 2.45) is 5.92 Å². The Kier molecular flexibility index (Phi) is 4.38. The summed E-state index contributed by atoms with van der Waals surface area (Å²) in [5.41, 5.74) is 0.868. The van der Waals surface area contributed by atoms with E-state index in [1.807, 2.05) is 12.1 Å². The lowest BCUT2D eigenvalue weighted by Gasteiger charge is -2.28. The van der Waals surface area contributed by atoms with E-state index >= 15 is 0 Å². The summed E-state index contributed by atoms with van der Waals surface area (Å²) >= 11 is 6.06. The minimum Gasteiger partial charge on any atom is -0.338 e. The quantitative estimate of drug-likeness (QED) is 0.781. The van der Waals surface area contributed by atoms with E-state index in [1.54, 1.807) is 36.4 Å². The molecule has 8 heteroatoms. The van der Waals surface area contributed by atoms with Crippen LogP contribution >= 0.6 is 11.6 Å². The first-order valence-electron chi connectivity index (χ1n) is 8.82. The molecule has 1 amide bonds. The largest absolute Gasteiger partial charge is 0.406 e. The zero-order chi connectivity index (χ0) is 20.1. The van der Waals surface area contributed by atoms with Gasteiger partial charge in [0.1, 0.15) is 12.1 Å². The van der Waals surface area contributed by atoms with E-state index in [2.05, 4.69) is 5.32 Å². The van der Waals surface area contributed by atoms with Crippen molar-refractivity contribution in [3.63, 3.8) is 0 Å². The molecule has 1 aliphatic carbocycles. The monoisotopic (exact) mass is 407 g/mol. The molecule has 0 bridgehead atoms. The first kappa shape index (κ1) is 18.8. The van der Waals surface area contributed by atoms with Crippen molar-refractivity contribution >= 4 is 23.5 Å². The maximum Gasteiger partial charge on any atom is 0.406 e. The summed E-state index contributed by atoms with van der Waals surface area (Å²) in [6.45, 7) is -1.47. The van der Waals surface area contributed by atoms with Crippen molar-refractivity contribution in [2.75, 3.05) is 6.54 Å². The summed E-state index contributed by atoms with van der Waals surface area (Å²) in [7, 11) is 0. The Balaban J connectivity index is 1.76. The first-order chi connectivity index (χ1) is 13.2. The second-order valence-electron chi connectivity index (χ2n) is 7.15. The van der Waals surface area contributed by atoms with Crippen LogP contribution in [0.5, 0.6) is 0 Å². The highest BCUT2D eigenvalue weighted by molar-refractivity contribution is 6.30. The lowest BCUT2D eigenvalue weighted by molar-refractivity contribution is -0.154. The van der Waals surface area contributed by atoms with Gasteiger partial charge in [-0.25, -0.2) is 0 Å². The van der Waals surface area contributed by atoms with E-state index < -0.39 is 30.1 Å². The number of benzene rings is 2. The molecular weight excluding hydrogens is 391 g/mol. The van der Waals surface area contributed by atoms with E-state index in [0.717, 1.165) is 11.1 Å². The SMILES string of the molecule is N=C1NC(c2cccc(-c3cccc(Cl)c3)c2)(C2CC2)C(=O)N1CC(F)(F)F. The molecule has 0 radical (unpaired) electrons. The predicted molar refractivity (Wildman–Crippen MR) is 99.9 cm³/mol. The van der Waals surface area contributed by atoms with Crippen LogP contribution in [0.3, 0.4) is 0 Å². The van der Waals surface area contributed by atoms with E-state index in [1.165, 1.54) is 0 Å². The summed E-state index contributed by atoms with van der Waals surface area (Å²) in [5.74, 6) is -1.38. The van der Waals surface area contributed by atoms with Gasteiger partial charge in [0.2, 0.25) is 0 Å². The van der Waals surface area contributed by atoms with Gasteiger partial charge in [-0.2, -0.15) is 13.2 Å². The molecule has 1 aliphatic heterocycles. The molecule has 28 heavy (non-hydrogen) atoms. The number of hydrogen-bond acceptors (Lipinski definition) is 2. The topological polar surface area (TPSA) is 56.2 Å². The van der Waals surface area contributed by atoms with Crippen LogP contribution in [0, 0.1) is 11.3 Å². The van der Waals surface area contributed by atoms with Gasteiger partial charge in [0.15, 0.2) is 5.96 Å². The van der Waals surface area contributed by atoms with E-state index in [4.69, 9.17) is 17.0 Å². The summed E-state index contributed by atoms with van der Waals surface area (Å²) < 4.78 is 38.8. The van der Waals surface area contributed by atoms with Crippen LogP contribution in [0.15, 0.2) is 48.5 Å². The third kappa shape index (κ3) is 3.24. The minimum absolute atomic E-state index is 0.145. The molecule has 1 heterocycles. The van der Waals surface area contributed by atoms with Crippen molar-refractivity contribution in [2.45, 2.75) is 24.6 Å². The number of nitrogens with one attached hydrogen (secondary N) is 2. The number of rotatable bonds is 4. The molecule has 2 aliphatic rings. The van der Waals surface area contributed by atoms with Gasteiger partial charge in [-0.1, -0.05) is 41.9 Å². The zero-order valence-corrected chi connectivity index (χ0v) is 15.4. The fourth-order valence-electron chi connectivity index (χ4n) is 3.79. The lowest BCUT2D eigenvalue weighted by atomic mass is 9.83. The third-order valence-corrected chi connectivity index (χ3v) is 5.41. The summed E-state index contributed by atoms with van der Waals surface area (Å²) in [5, 5.41) is 11.3. The van der Waals surface area contributed by atoms with E-state index in [-0.39, 0.29) is 5.92 Å². The molecule has 4 rings (SSSR count). The van der Waals surface area contributed by atoms with Gasteiger partial charge in [-0.15, -0.1) is 0 Å². The Morgan fingerprint density at radius 2 is 1.79 bits per heavy atom. The standard InChI is InChI=1S/C20H17ClF3N3O/c21-16-6-2-4-13(10-16)12-3-1-5-15(9-12)20(14-7-8-14)17(28)27(18(25)26-20)11-19(22,23)24/h1-6,9-10,14H,7-8,11H2,(H2,25,26). The van der Waals surface area contributed by atoms with Gasteiger partial charge in [0.25, 0.3) is 5.91 Å². The average molecular weight is 408 g/mol. The highest BCUT2D eigenvalue weighted by Gasteiger charge is 2.60. The predicted octanol–water partition coefficient (Wildman–Crippen LogP) is 4.54. The number of carbonyl (C=O) groups is 1. The van der Waals surface area contributed by atoms with Gasteiger partial charge < -0.3 is 5.32 Å². The van der Waals surface area contributed by atoms with Crippen molar-refractivity contribution in [1.82, 2.24) is 10.2 Å². The average Bonchev–Trinajstić information content (AvgIpc) is 3.45. The Morgan fingerprint density at radius 3 is 2.39 bits per heavy atom. The van der Waals surface area contributed by atoms with Crippen LogP contribution in [0.1, 0.15) is 18.4 Å². The van der Waals surface area contributed by atoms with Crippen molar-refractivity contribution in [1.29, 1.82) is 5.41 Å². The number of guanidine groups is 1. The van der Waals surface area contributed by atoms with Crippen LogP contribution in [-0.2, 0) is 10.3 Å². The molecule has 146 valence electrons. The number of amides is 1. The molecule has 2 aromatic carbocycles. The van der Waals surface area contributed by atoms with Crippen LogP contribution in [0.25, 0.3) is 11.1 Å². The minimum atomic E-state index is -4.58. The maximum absolute atomic E-state index is 13.1. The highest BCUT2D eigenvalue weighted by Crippen LogP contribution is 2.49. The Bertz CT molecular complexity index is 958. The molecule has 0 spiro atoms. The highest BCUT2D eigenvalue weighted by atomic mass is 35.5. The molecule has 2 aromatic rings. The number of carbonyl (C=O) groups excluding carboxylic acids is 1. The van der Waals surface area contributed by atoms with Crippen LogP contribution < -0.4 is 5.32 Å². The number of nitrogens with zero attached hydrogens (tertiary/aromatic N) is 1. The molecule has 2 fully saturated rings. The molecule has 1 saturated carbocycles. The van der Waals surface area contributed by atoms with Gasteiger partial charge >= 0.3 is 6.18 Å². The van der Waals surface area contributed by atoms with Crippen molar-refractivity contribution < 1.29 is 18.0 Å². The molecule has 1 unspecified atom stereocenters. The number of halogens is 4. The normalized spacial score (nSPS) is 22.5. The molecular formula is C20H17ClF3N3O. The maximum atomic E-state index is 13.1. The second-order valence-corrected chi connectivity index (χ2v) is 7.59. The number of alkyl halides is 3. The van der Waals surface area contributed by atoms with Crippen molar-refractivity contribution in [3.05, 3.63) is 59.1 Å². The molecule has 0 aromatic heterocycles. The van der Waals surface area contributed by atoms with Crippen LogP contribution in [0.2, 0.25) is 5.02 Å². The smallest absolute Gasteiger partial charge is 0.338 e. The fraction of sp³-hybridized carbons (Fsp3) is 0.300. The molecule has 1 atom stereocenters.